The molecule has 5 unspecified atom stereocenters. The first-order valence-corrected chi connectivity index (χ1v) is 9.48. The van der Waals surface area contributed by atoms with Crippen LogP contribution in [-0.4, -0.2) is 13.1 Å². The average molecular weight is 321 g/mol. The summed E-state index contributed by atoms with van der Waals surface area (Å²) in [7, 11) is 1.49. The summed E-state index contributed by atoms with van der Waals surface area (Å²) in [4.78, 5) is 11.5. The van der Waals surface area contributed by atoms with E-state index < -0.39 is 0 Å². The van der Waals surface area contributed by atoms with Crippen LogP contribution in [0.5, 0.6) is 0 Å². The van der Waals surface area contributed by atoms with E-state index in [0.29, 0.717) is 23.2 Å². The Hall–Kier alpha value is -0.790. The van der Waals surface area contributed by atoms with Crippen LogP contribution in [0.2, 0.25) is 0 Å². The topological polar surface area (TPSA) is 26.3 Å². The van der Waals surface area contributed by atoms with E-state index in [-0.39, 0.29) is 5.97 Å². The molecule has 0 aromatic heterocycles. The smallest absolute Gasteiger partial charge is 0.305 e. The molecule has 1 fully saturated rings. The zero-order chi connectivity index (χ0) is 17.3. The highest BCUT2D eigenvalue weighted by Gasteiger charge is 2.52. The summed E-state index contributed by atoms with van der Waals surface area (Å²) < 4.78 is 4.83. The number of allylic oxidation sites excluding steroid dienone is 2. The molecule has 23 heavy (non-hydrogen) atoms. The van der Waals surface area contributed by atoms with Gasteiger partial charge in [0.15, 0.2) is 0 Å². The Bertz CT molecular complexity index is 466. The van der Waals surface area contributed by atoms with Gasteiger partial charge in [-0.25, -0.2) is 0 Å². The summed E-state index contributed by atoms with van der Waals surface area (Å²) in [5.74, 6) is 1.91. The lowest BCUT2D eigenvalue weighted by atomic mass is 9.47. The van der Waals surface area contributed by atoms with Gasteiger partial charge in [-0.05, 0) is 74.0 Å². The van der Waals surface area contributed by atoms with Gasteiger partial charge in [0.1, 0.15) is 0 Å². The summed E-state index contributed by atoms with van der Waals surface area (Å²) >= 11 is 0. The van der Waals surface area contributed by atoms with Crippen molar-refractivity contribution in [2.24, 2.45) is 28.6 Å². The molecule has 0 saturated heterocycles. The molecule has 2 heteroatoms. The number of hydrogen-bond donors (Lipinski definition) is 0. The number of ether oxygens (including phenoxy) is 1. The molecule has 1 saturated carbocycles. The Labute approximate surface area is 143 Å². The van der Waals surface area contributed by atoms with Crippen LogP contribution in [0, 0.1) is 28.6 Å². The zero-order valence-electron chi connectivity index (χ0n) is 16.1. The molecule has 2 aliphatic carbocycles. The van der Waals surface area contributed by atoms with E-state index in [1.807, 2.05) is 0 Å². The van der Waals surface area contributed by atoms with Crippen molar-refractivity contribution in [3.05, 3.63) is 11.6 Å². The molecule has 0 radical (unpaired) electrons. The normalized spacial score (nSPS) is 38.4. The van der Waals surface area contributed by atoms with E-state index in [4.69, 9.17) is 4.74 Å². The molecule has 0 amide bonds. The largest absolute Gasteiger partial charge is 0.469 e. The quantitative estimate of drug-likeness (QED) is 0.475. The number of carbonyl (C=O) groups excluding carboxylic acids is 1. The number of carbonyl (C=O) groups is 1. The molecule has 0 N–H and O–H groups in total. The van der Waals surface area contributed by atoms with Gasteiger partial charge in [0.2, 0.25) is 0 Å². The number of methoxy groups -OCH3 is 1. The van der Waals surface area contributed by atoms with Crippen LogP contribution in [0.4, 0.5) is 0 Å². The third-order valence-corrected chi connectivity index (χ3v) is 7.51. The first-order chi connectivity index (χ1) is 10.7. The minimum absolute atomic E-state index is 0.0689. The van der Waals surface area contributed by atoms with Crippen molar-refractivity contribution in [1.29, 1.82) is 0 Å². The van der Waals surface area contributed by atoms with Crippen molar-refractivity contribution in [3.63, 3.8) is 0 Å². The Morgan fingerprint density at radius 2 is 2.09 bits per heavy atom. The Balaban J connectivity index is 2.11. The van der Waals surface area contributed by atoms with Gasteiger partial charge in [-0.15, -0.1) is 0 Å². The Morgan fingerprint density at radius 1 is 1.39 bits per heavy atom. The molecule has 0 aliphatic heterocycles. The van der Waals surface area contributed by atoms with Crippen LogP contribution < -0.4 is 0 Å². The van der Waals surface area contributed by atoms with Crippen LogP contribution >= 0.6 is 0 Å². The average Bonchev–Trinajstić information content (AvgIpc) is 2.52. The molecule has 0 aromatic carbocycles. The van der Waals surface area contributed by atoms with E-state index in [2.05, 4.69) is 40.7 Å². The van der Waals surface area contributed by atoms with Gasteiger partial charge in [0.25, 0.3) is 0 Å². The molecule has 2 nitrogen and oxygen atoms in total. The summed E-state index contributed by atoms with van der Waals surface area (Å²) in [5, 5.41) is 0. The fraction of sp³-hybridized carbons (Fsp3) is 0.857. The van der Waals surface area contributed by atoms with Crippen molar-refractivity contribution < 1.29 is 9.53 Å². The summed E-state index contributed by atoms with van der Waals surface area (Å²) in [5.41, 5.74) is 2.41. The fourth-order valence-electron chi connectivity index (χ4n) is 5.36. The fourth-order valence-corrected chi connectivity index (χ4v) is 5.36. The zero-order valence-corrected chi connectivity index (χ0v) is 16.1. The molecule has 0 heterocycles. The van der Waals surface area contributed by atoms with E-state index in [0.717, 1.165) is 18.3 Å². The number of rotatable bonds is 5. The second-order valence-corrected chi connectivity index (χ2v) is 8.80. The van der Waals surface area contributed by atoms with Crippen molar-refractivity contribution in [2.75, 3.05) is 7.11 Å². The predicted molar refractivity (Wildman–Crippen MR) is 96.1 cm³/mol. The van der Waals surface area contributed by atoms with Crippen LogP contribution in [0.25, 0.3) is 0 Å². The highest BCUT2D eigenvalue weighted by atomic mass is 16.5. The molecule has 132 valence electrons. The minimum Gasteiger partial charge on any atom is -0.469 e. The maximum Gasteiger partial charge on any atom is 0.305 e. The number of fused-ring (bicyclic) bond motifs is 1. The van der Waals surface area contributed by atoms with E-state index in [1.165, 1.54) is 39.2 Å². The van der Waals surface area contributed by atoms with Crippen LogP contribution in [0.15, 0.2) is 11.6 Å². The predicted octanol–water partition coefficient (Wildman–Crippen LogP) is 5.76. The number of esters is 1. The summed E-state index contributed by atoms with van der Waals surface area (Å²) in [6, 6.07) is 0. The van der Waals surface area contributed by atoms with Crippen molar-refractivity contribution in [2.45, 2.75) is 79.6 Å². The maximum absolute atomic E-state index is 11.5. The van der Waals surface area contributed by atoms with Crippen LogP contribution in [-0.2, 0) is 9.53 Å². The second-order valence-electron chi connectivity index (χ2n) is 8.80. The highest BCUT2D eigenvalue weighted by Crippen LogP contribution is 2.61. The third kappa shape index (κ3) is 3.51. The maximum atomic E-state index is 11.5. The molecule has 5 atom stereocenters. The van der Waals surface area contributed by atoms with E-state index in [9.17, 15) is 4.79 Å². The van der Waals surface area contributed by atoms with Crippen molar-refractivity contribution >= 4 is 5.97 Å². The first-order valence-electron chi connectivity index (χ1n) is 9.48. The number of hydrogen-bond acceptors (Lipinski definition) is 2. The minimum atomic E-state index is -0.0689. The lowest BCUT2D eigenvalue weighted by Gasteiger charge is -2.58. The second kappa shape index (κ2) is 6.99. The van der Waals surface area contributed by atoms with Crippen molar-refractivity contribution in [1.82, 2.24) is 0 Å². The highest BCUT2D eigenvalue weighted by molar-refractivity contribution is 5.69. The van der Waals surface area contributed by atoms with Crippen LogP contribution in [0.3, 0.4) is 0 Å². The van der Waals surface area contributed by atoms with Crippen LogP contribution in [0.1, 0.15) is 79.6 Å². The molecule has 0 aromatic rings. The SMILES string of the molecule is COC(=O)CC(C)CCC1(C)C(C)CCC2(C)C(C)=CCCC21. The Morgan fingerprint density at radius 3 is 2.74 bits per heavy atom. The van der Waals surface area contributed by atoms with Gasteiger partial charge in [-0.2, -0.15) is 0 Å². The first kappa shape index (κ1) is 18.5. The third-order valence-electron chi connectivity index (χ3n) is 7.51. The molecule has 0 spiro atoms. The molecule has 0 bridgehead atoms. The van der Waals surface area contributed by atoms with Gasteiger partial charge < -0.3 is 4.74 Å². The molecular weight excluding hydrogens is 284 g/mol. The molecule has 2 aliphatic rings. The van der Waals surface area contributed by atoms with E-state index in [1.54, 1.807) is 5.57 Å². The van der Waals surface area contributed by atoms with E-state index >= 15 is 0 Å². The van der Waals surface area contributed by atoms with Crippen molar-refractivity contribution in [3.8, 4) is 0 Å². The summed E-state index contributed by atoms with van der Waals surface area (Å²) in [6.07, 6.45) is 10.7. The lowest BCUT2D eigenvalue weighted by molar-refractivity contribution is -0.141. The molecule has 2 rings (SSSR count). The van der Waals surface area contributed by atoms with Gasteiger partial charge in [-0.3, -0.25) is 4.79 Å². The Kier molecular flexibility index (Phi) is 5.63. The lowest BCUT2D eigenvalue weighted by Crippen LogP contribution is -2.49. The van der Waals surface area contributed by atoms with Gasteiger partial charge in [-0.1, -0.05) is 39.3 Å². The molecular formula is C21H36O2. The van der Waals surface area contributed by atoms with Gasteiger partial charge in [0, 0.05) is 6.42 Å². The van der Waals surface area contributed by atoms with Gasteiger partial charge >= 0.3 is 5.97 Å². The monoisotopic (exact) mass is 320 g/mol. The summed E-state index contributed by atoms with van der Waals surface area (Å²) in [6.45, 7) is 12.0. The standard InChI is InChI=1S/C21H36O2/c1-15(14-19(22)23-6)10-12-20(4)17(3)11-13-21(5)16(2)8-7-9-18(20)21/h8,15,17-18H,7,9-14H2,1-6H3. The van der Waals surface area contributed by atoms with Gasteiger partial charge in [0.05, 0.1) is 7.11 Å².